The summed E-state index contributed by atoms with van der Waals surface area (Å²) in [5, 5.41) is 0.885. The fourth-order valence-corrected chi connectivity index (χ4v) is 2.81. The minimum atomic E-state index is 0.885. The second kappa shape index (κ2) is 7.24. The van der Waals surface area contributed by atoms with E-state index in [-0.39, 0.29) is 0 Å². The summed E-state index contributed by atoms with van der Waals surface area (Å²) in [5.41, 5.74) is 6.22. The molecular formula is C21H17Br. The molecule has 0 bridgehead atoms. The van der Waals surface area contributed by atoms with Crippen molar-refractivity contribution in [3.05, 3.63) is 107 Å². The fraction of sp³-hybridized carbons (Fsp3) is 0.0476. The number of halogens is 1. The molecule has 0 spiro atoms. The summed E-state index contributed by atoms with van der Waals surface area (Å²) in [7, 11) is 0. The van der Waals surface area contributed by atoms with E-state index >= 15 is 0 Å². The molecule has 0 fully saturated rings. The zero-order valence-corrected chi connectivity index (χ0v) is 13.8. The van der Waals surface area contributed by atoms with Crippen LogP contribution in [-0.4, -0.2) is 0 Å². The third-order valence-corrected chi connectivity index (χ3v) is 4.26. The molecule has 0 saturated carbocycles. The van der Waals surface area contributed by atoms with Crippen molar-refractivity contribution >= 4 is 27.6 Å². The summed E-state index contributed by atoms with van der Waals surface area (Å²) in [6, 6.07) is 29.7. The average molecular weight is 349 g/mol. The molecule has 0 N–H and O–H groups in total. The Morgan fingerprint density at radius 1 is 0.682 bits per heavy atom. The van der Waals surface area contributed by atoms with Crippen LogP contribution in [0.3, 0.4) is 0 Å². The Kier molecular flexibility index (Phi) is 4.87. The topological polar surface area (TPSA) is 0 Å². The molecule has 3 aromatic carbocycles. The second-order valence-electron chi connectivity index (χ2n) is 5.17. The van der Waals surface area contributed by atoms with E-state index in [1.165, 1.54) is 27.8 Å². The summed E-state index contributed by atoms with van der Waals surface area (Å²) in [5.74, 6) is 0. The molecule has 0 aliphatic heterocycles. The second-order valence-corrected chi connectivity index (χ2v) is 5.73. The Morgan fingerprint density at radius 3 is 1.82 bits per heavy atom. The molecule has 0 amide bonds. The largest absolute Gasteiger partial charge is 0.0876 e. The SMILES string of the molecule is BrCc1ccc(C(=Cc2ccccc2)c2ccccc2)cc1. The van der Waals surface area contributed by atoms with Gasteiger partial charge in [0.1, 0.15) is 0 Å². The highest BCUT2D eigenvalue weighted by Gasteiger charge is 2.05. The molecule has 0 radical (unpaired) electrons. The third kappa shape index (κ3) is 3.55. The minimum absolute atomic E-state index is 0.885. The van der Waals surface area contributed by atoms with Crippen molar-refractivity contribution in [2.45, 2.75) is 5.33 Å². The first-order valence-corrected chi connectivity index (χ1v) is 8.46. The molecule has 0 heterocycles. The Balaban J connectivity index is 2.08. The molecule has 0 atom stereocenters. The Bertz CT molecular complexity index is 741. The van der Waals surface area contributed by atoms with Crippen LogP contribution in [0.5, 0.6) is 0 Å². The fourth-order valence-electron chi connectivity index (χ4n) is 2.44. The molecular weight excluding hydrogens is 332 g/mol. The van der Waals surface area contributed by atoms with Crippen molar-refractivity contribution in [3.63, 3.8) is 0 Å². The lowest BCUT2D eigenvalue weighted by molar-refractivity contribution is 1.42. The molecule has 3 aromatic rings. The van der Waals surface area contributed by atoms with Crippen LogP contribution >= 0.6 is 15.9 Å². The van der Waals surface area contributed by atoms with Crippen molar-refractivity contribution < 1.29 is 0 Å². The van der Waals surface area contributed by atoms with Crippen LogP contribution in [0.4, 0.5) is 0 Å². The van der Waals surface area contributed by atoms with Crippen molar-refractivity contribution in [2.24, 2.45) is 0 Å². The van der Waals surface area contributed by atoms with Crippen LogP contribution in [0.25, 0.3) is 11.6 Å². The molecule has 1 heteroatoms. The van der Waals surface area contributed by atoms with E-state index in [4.69, 9.17) is 0 Å². The first kappa shape index (κ1) is 14.8. The summed E-state index contributed by atoms with van der Waals surface area (Å²) in [6.07, 6.45) is 2.25. The van der Waals surface area contributed by atoms with Gasteiger partial charge in [-0.3, -0.25) is 0 Å². The van der Waals surface area contributed by atoms with Crippen LogP contribution < -0.4 is 0 Å². The highest BCUT2D eigenvalue weighted by Crippen LogP contribution is 2.26. The molecule has 3 rings (SSSR count). The predicted octanol–water partition coefficient (Wildman–Crippen LogP) is 6.17. The lowest BCUT2D eigenvalue weighted by Gasteiger charge is -2.10. The van der Waals surface area contributed by atoms with Gasteiger partial charge in [-0.25, -0.2) is 0 Å². The monoisotopic (exact) mass is 348 g/mol. The van der Waals surface area contributed by atoms with E-state index in [2.05, 4.69) is 101 Å². The molecule has 108 valence electrons. The van der Waals surface area contributed by atoms with E-state index in [1.54, 1.807) is 0 Å². The molecule has 0 saturated heterocycles. The standard InChI is InChI=1S/C21H17Br/c22-16-18-11-13-20(14-12-18)21(19-9-5-2-6-10-19)15-17-7-3-1-4-8-17/h1-15H,16H2. The minimum Gasteiger partial charge on any atom is -0.0876 e. The van der Waals surface area contributed by atoms with Crippen molar-refractivity contribution in [2.75, 3.05) is 0 Å². The van der Waals surface area contributed by atoms with E-state index in [9.17, 15) is 0 Å². The molecule has 0 aliphatic rings. The summed E-state index contributed by atoms with van der Waals surface area (Å²) in [4.78, 5) is 0. The van der Waals surface area contributed by atoms with Gasteiger partial charge in [0.25, 0.3) is 0 Å². The van der Waals surface area contributed by atoms with Gasteiger partial charge in [0.2, 0.25) is 0 Å². The van der Waals surface area contributed by atoms with Gasteiger partial charge in [0.15, 0.2) is 0 Å². The normalized spacial score (nSPS) is 11.4. The van der Waals surface area contributed by atoms with Gasteiger partial charge in [-0.1, -0.05) is 101 Å². The van der Waals surface area contributed by atoms with E-state index in [0.29, 0.717) is 0 Å². The molecule has 0 unspecified atom stereocenters. The van der Waals surface area contributed by atoms with E-state index < -0.39 is 0 Å². The van der Waals surface area contributed by atoms with Crippen molar-refractivity contribution in [3.8, 4) is 0 Å². The van der Waals surface area contributed by atoms with Gasteiger partial charge in [-0.2, -0.15) is 0 Å². The van der Waals surface area contributed by atoms with E-state index in [1.807, 2.05) is 6.07 Å². The molecule has 0 aromatic heterocycles. The number of alkyl halides is 1. The van der Waals surface area contributed by atoms with Crippen LogP contribution in [0.2, 0.25) is 0 Å². The van der Waals surface area contributed by atoms with Gasteiger partial charge >= 0.3 is 0 Å². The van der Waals surface area contributed by atoms with Gasteiger partial charge in [-0.05, 0) is 33.9 Å². The smallest absolute Gasteiger partial charge is 0.0283 e. The van der Waals surface area contributed by atoms with Crippen LogP contribution in [0, 0.1) is 0 Å². The van der Waals surface area contributed by atoms with Crippen LogP contribution in [0.1, 0.15) is 22.3 Å². The highest BCUT2D eigenvalue weighted by atomic mass is 79.9. The number of hydrogen-bond acceptors (Lipinski definition) is 0. The lowest BCUT2D eigenvalue weighted by atomic mass is 9.95. The first-order chi connectivity index (χ1) is 10.9. The number of hydrogen-bond donors (Lipinski definition) is 0. The average Bonchev–Trinajstić information content (AvgIpc) is 2.61. The summed E-state index contributed by atoms with van der Waals surface area (Å²) >= 11 is 3.50. The quantitative estimate of drug-likeness (QED) is 0.390. The number of rotatable bonds is 4. The first-order valence-electron chi connectivity index (χ1n) is 7.34. The molecule has 0 nitrogen and oxygen atoms in total. The maximum absolute atomic E-state index is 3.50. The van der Waals surface area contributed by atoms with Gasteiger partial charge in [-0.15, -0.1) is 0 Å². The van der Waals surface area contributed by atoms with Gasteiger partial charge in [0, 0.05) is 5.33 Å². The Hall–Kier alpha value is -2.12. The third-order valence-electron chi connectivity index (χ3n) is 3.61. The van der Waals surface area contributed by atoms with Crippen LogP contribution in [0.15, 0.2) is 84.9 Å². The zero-order chi connectivity index (χ0) is 15.2. The van der Waals surface area contributed by atoms with Crippen molar-refractivity contribution in [1.29, 1.82) is 0 Å². The summed E-state index contributed by atoms with van der Waals surface area (Å²) in [6.45, 7) is 0. The maximum atomic E-state index is 3.50. The molecule has 22 heavy (non-hydrogen) atoms. The maximum Gasteiger partial charge on any atom is 0.0283 e. The Morgan fingerprint density at radius 2 is 1.23 bits per heavy atom. The number of benzene rings is 3. The van der Waals surface area contributed by atoms with Crippen LogP contribution in [-0.2, 0) is 5.33 Å². The summed E-state index contributed by atoms with van der Waals surface area (Å²) < 4.78 is 0. The zero-order valence-electron chi connectivity index (χ0n) is 12.2. The van der Waals surface area contributed by atoms with E-state index in [0.717, 1.165) is 5.33 Å². The highest BCUT2D eigenvalue weighted by molar-refractivity contribution is 9.08. The molecule has 0 aliphatic carbocycles. The lowest BCUT2D eigenvalue weighted by Crippen LogP contribution is -1.89. The Labute approximate surface area is 140 Å². The predicted molar refractivity (Wildman–Crippen MR) is 98.9 cm³/mol. The van der Waals surface area contributed by atoms with Gasteiger partial charge in [0.05, 0.1) is 0 Å². The van der Waals surface area contributed by atoms with Crippen molar-refractivity contribution in [1.82, 2.24) is 0 Å². The van der Waals surface area contributed by atoms with Gasteiger partial charge < -0.3 is 0 Å².